The van der Waals surface area contributed by atoms with Crippen molar-refractivity contribution in [3.8, 4) is 22.3 Å². The van der Waals surface area contributed by atoms with Gasteiger partial charge in [0.05, 0.1) is 5.56 Å². The molecule has 0 saturated heterocycles. The number of hydrogen-bond donors (Lipinski definition) is 0. The number of hydrogen-bond acceptors (Lipinski definition) is 2. The SMILES string of the molecule is Cc1ccc(N(c2ccc(C)cc2)c2cc(C)c3c(c2)C(C)(C)c2cc4c(cc2-3)C(C)(C)c2cc(N(c3ccc(C)cc3)c3ccc(C(F)(F)F)cc3)cc(C)c2-4)cc1. The number of aryl methyl sites for hydroxylation is 5. The van der Waals surface area contributed by atoms with Gasteiger partial charge in [-0.3, -0.25) is 0 Å². The van der Waals surface area contributed by atoms with Crippen molar-refractivity contribution in [2.45, 2.75) is 79.3 Å². The van der Waals surface area contributed by atoms with Gasteiger partial charge in [-0.15, -0.1) is 0 Å². The van der Waals surface area contributed by atoms with Crippen molar-refractivity contribution in [3.63, 3.8) is 0 Å². The summed E-state index contributed by atoms with van der Waals surface area (Å²) in [7, 11) is 0. The minimum Gasteiger partial charge on any atom is -0.310 e. The standard InChI is InChI=1S/C54H49F3N2/c1-32-10-18-38(19-11-32)58(39-20-12-33(2)13-21-39)42-26-35(4)50-44-30-47-45(31-46(44)52(6,7)48(50)28-42)51-36(5)27-43(29-49(51)53(47,8)9)59(40-22-14-34(3)15-23-40)41-24-16-37(17-25-41)54(55,56)57/h10-31H,1-9H3. The molecule has 0 unspecified atom stereocenters. The fraction of sp³-hybridized carbons (Fsp3) is 0.222. The lowest BCUT2D eigenvalue weighted by Gasteiger charge is -2.29. The van der Waals surface area contributed by atoms with Crippen LogP contribution in [0.2, 0.25) is 0 Å². The first kappa shape index (κ1) is 38.4. The Morgan fingerprint density at radius 3 is 0.983 bits per heavy atom. The van der Waals surface area contributed by atoms with Gasteiger partial charge < -0.3 is 9.80 Å². The summed E-state index contributed by atoms with van der Waals surface area (Å²) in [6.45, 7) is 20.0. The normalized spacial score (nSPS) is 14.4. The van der Waals surface area contributed by atoms with Gasteiger partial charge in [-0.2, -0.15) is 13.2 Å². The second kappa shape index (κ2) is 13.5. The molecule has 0 aromatic heterocycles. The highest BCUT2D eigenvalue weighted by atomic mass is 19.4. The van der Waals surface area contributed by atoms with Crippen molar-refractivity contribution < 1.29 is 13.2 Å². The van der Waals surface area contributed by atoms with E-state index in [0.717, 1.165) is 39.6 Å². The lowest BCUT2D eigenvalue weighted by atomic mass is 9.79. The van der Waals surface area contributed by atoms with Gasteiger partial charge in [-0.1, -0.05) is 80.8 Å². The zero-order valence-corrected chi connectivity index (χ0v) is 35.2. The fourth-order valence-corrected chi connectivity index (χ4v) is 9.61. The summed E-state index contributed by atoms with van der Waals surface area (Å²) >= 11 is 0. The fourth-order valence-electron chi connectivity index (χ4n) is 9.61. The summed E-state index contributed by atoms with van der Waals surface area (Å²) < 4.78 is 41.0. The molecule has 2 aliphatic rings. The van der Waals surface area contributed by atoms with E-state index in [1.54, 1.807) is 12.1 Å². The molecule has 0 amide bonds. The van der Waals surface area contributed by atoms with Crippen LogP contribution < -0.4 is 9.80 Å². The molecule has 0 atom stereocenters. The van der Waals surface area contributed by atoms with Crippen LogP contribution in [0.15, 0.2) is 133 Å². The topological polar surface area (TPSA) is 6.48 Å². The monoisotopic (exact) mass is 782 g/mol. The molecule has 7 aromatic rings. The van der Waals surface area contributed by atoms with Crippen LogP contribution >= 0.6 is 0 Å². The van der Waals surface area contributed by atoms with Gasteiger partial charge >= 0.3 is 6.18 Å². The maximum atomic E-state index is 13.7. The summed E-state index contributed by atoms with van der Waals surface area (Å²) in [4.78, 5) is 4.44. The largest absolute Gasteiger partial charge is 0.416 e. The van der Waals surface area contributed by atoms with Gasteiger partial charge in [0.15, 0.2) is 0 Å². The number of nitrogens with zero attached hydrogens (tertiary/aromatic N) is 2. The Hall–Kier alpha value is -6.07. The van der Waals surface area contributed by atoms with Crippen LogP contribution in [0.3, 0.4) is 0 Å². The van der Waals surface area contributed by atoms with Gasteiger partial charge in [-0.25, -0.2) is 0 Å². The molecule has 0 fully saturated rings. The molecule has 296 valence electrons. The van der Waals surface area contributed by atoms with E-state index in [4.69, 9.17) is 0 Å². The van der Waals surface area contributed by atoms with Crippen LogP contribution in [0.4, 0.5) is 47.3 Å². The minimum atomic E-state index is -4.41. The number of alkyl halides is 3. The predicted octanol–water partition coefficient (Wildman–Crippen LogP) is 15.8. The summed E-state index contributed by atoms with van der Waals surface area (Å²) in [5, 5.41) is 0. The Morgan fingerprint density at radius 2 is 0.678 bits per heavy atom. The van der Waals surface area contributed by atoms with Gasteiger partial charge in [0.2, 0.25) is 0 Å². The Bertz CT molecular complexity index is 2730. The van der Waals surface area contributed by atoms with Crippen molar-refractivity contribution in [2.24, 2.45) is 0 Å². The number of halogens is 3. The Balaban J connectivity index is 1.17. The Kier molecular flexibility index (Phi) is 8.79. The van der Waals surface area contributed by atoms with Crippen molar-refractivity contribution in [3.05, 3.63) is 189 Å². The molecule has 0 heterocycles. The van der Waals surface area contributed by atoms with Crippen LogP contribution in [0, 0.1) is 34.6 Å². The van der Waals surface area contributed by atoms with E-state index in [-0.39, 0.29) is 10.8 Å². The van der Waals surface area contributed by atoms with Gasteiger partial charge in [-0.05, 0) is 187 Å². The maximum Gasteiger partial charge on any atom is 0.416 e. The molecule has 2 aliphatic carbocycles. The number of benzene rings is 7. The molecule has 2 nitrogen and oxygen atoms in total. The van der Waals surface area contributed by atoms with E-state index in [1.807, 2.05) is 31.2 Å². The first-order chi connectivity index (χ1) is 27.9. The first-order valence-corrected chi connectivity index (χ1v) is 20.4. The molecule has 0 bridgehead atoms. The van der Waals surface area contributed by atoms with E-state index in [9.17, 15) is 13.2 Å². The minimum absolute atomic E-state index is 0.266. The van der Waals surface area contributed by atoms with E-state index >= 15 is 0 Å². The molecular formula is C54H49F3N2. The number of anilines is 6. The second-order valence-corrected chi connectivity index (χ2v) is 17.8. The molecule has 9 rings (SSSR count). The summed E-state index contributed by atoms with van der Waals surface area (Å²) in [5.74, 6) is 0. The zero-order chi connectivity index (χ0) is 41.8. The highest BCUT2D eigenvalue weighted by molar-refractivity contribution is 5.94. The Morgan fingerprint density at radius 1 is 0.373 bits per heavy atom. The van der Waals surface area contributed by atoms with E-state index in [1.165, 1.54) is 73.3 Å². The van der Waals surface area contributed by atoms with Crippen molar-refractivity contribution >= 4 is 34.1 Å². The smallest absolute Gasteiger partial charge is 0.310 e. The van der Waals surface area contributed by atoms with Crippen molar-refractivity contribution in [1.82, 2.24) is 0 Å². The molecule has 5 heteroatoms. The van der Waals surface area contributed by atoms with E-state index in [2.05, 4.69) is 150 Å². The second-order valence-electron chi connectivity index (χ2n) is 17.8. The average Bonchev–Trinajstić information content (AvgIpc) is 3.55. The predicted molar refractivity (Wildman–Crippen MR) is 240 cm³/mol. The molecule has 0 saturated carbocycles. The molecule has 59 heavy (non-hydrogen) atoms. The van der Waals surface area contributed by atoms with Gasteiger partial charge in [0, 0.05) is 45.0 Å². The zero-order valence-electron chi connectivity index (χ0n) is 35.2. The van der Waals surface area contributed by atoms with Crippen LogP contribution in [0.25, 0.3) is 22.3 Å². The highest BCUT2D eigenvalue weighted by Gasteiger charge is 2.43. The van der Waals surface area contributed by atoms with Crippen molar-refractivity contribution in [1.29, 1.82) is 0 Å². The highest BCUT2D eigenvalue weighted by Crippen LogP contribution is 2.59. The van der Waals surface area contributed by atoms with Crippen LogP contribution in [0.1, 0.15) is 83.3 Å². The summed E-state index contributed by atoms with van der Waals surface area (Å²) in [6.07, 6.45) is -4.41. The van der Waals surface area contributed by atoms with Crippen LogP contribution in [-0.4, -0.2) is 0 Å². The lowest BCUT2D eigenvalue weighted by Crippen LogP contribution is -2.18. The first-order valence-electron chi connectivity index (χ1n) is 20.4. The number of rotatable bonds is 6. The van der Waals surface area contributed by atoms with Gasteiger partial charge in [0.25, 0.3) is 0 Å². The Labute approximate surface area is 346 Å². The van der Waals surface area contributed by atoms with Crippen LogP contribution in [-0.2, 0) is 17.0 Å². The quantitative estimate of drug-likeness (QED) is 0.166. The molecule has 7 aromatic carbocycles. The average molecular weight is 783 g/mol. The van der Waals surface area contributed by atoms with Crippen molar-refractivity contribution in [2.75, 3.05) is 9.80 Å². The van der Waals surface area contributed by atoms with E-state index in [0.29, 0.717) is 5.69 Å². The molecular weight excluding hydrogens is 734 g/mol. The number of fused-ring (bicyclic) bond motifs is 6. The van der Waals surface area contributed by atoms with E-state index < -0.39 is 11.7 Å². The third-order valence-corrected chi connectivity index (χ3v) is 12.9. The molecule has 0 aliphatic heterocycles. The summed E-state index contributed by atoms with van der Waals surface area (Å²) in [5.41, 5.74) is 20.8. The lowest BCUT2D eigenvalue weighted by molar-refractivity contribution is -0.137. The maximum absolute atomic E-state index is 13.7. The van der Waals surface area contributed by atoms with Gasteiger partial charge in [0.1, 0.15) is 0 Å². The molecule has 0 N–H and O–H groups in total. The third-order valence-electron chi connectivity index (χ3n) is 12.9. The molecule has 0 spiro atoms. The summed E-state index contributed by atoms with van der Waals surface area (Å²) in [6, 6.07) is 45.3. The third kappa shape index (κ3) is 6.25. The molecule has 0 radical (unpaired) electrons. The van der Waals surface area contributed by atoms with Crippen LogP contribution in [0.5, 0.6) is 0 Å².